The number of halogens is 4. The van der Waals surface area contributed by atoms with Gasteiger partial charge in [-0.05, 0) is 30.7 Å². The molecule has 9 heteroatoms. The van der Waals surface area contributed by atoms with Crippen molar-refractivity contribution < 1.29 is 18.0 Å². The number of urea groups is 1. The minimum Gasteiger partial charge on any atom is -0.334 e. The smallest absolute Gasteiger partial charge is 0.318 e. The Kier molecular flexibility index (Phi) is 5.42. The molecular weight excluding hydrogens is 417 g/mol. The molecule has 0 spiro atoms. The minimum atomic E-state index is -0.693. The summed E-state index contributed by atoms with van der Waals surface area (Å²) in [6.07, 6.45) is 1.52. The number of amides is 2. The van der Waals surface area contributed by atoms with Crippen molar-refractivity contribution >= 4 is 17.6 Å². The van der Waals surface area contributed by atoms with E-state index in [1.807, 2.05) is 6.92 Å². The first-order chi connectivity index (χ1) is 14.3. The number of fused-ring (bicyclic) bond motifs is 1. The van der Waals surface area contributed by atoms with Gasteiger partial charge in [-0.3, -0.25) is 4.68 Å². The van der Waals surface area contributed by atoms with Gasteiger partial charge in [0.25, 0.3) is 0 Å². The number of benzene rings is 2. The summed E-state index contributed by atoms with van der Waals surface area (Å²) in [6.45, 7) is 2.55. The molecule has 0 saturated carbocycles. The number of aromatic nitrogens is 2. The average molecular weight is 435 g/mol. The molecule has 1 atom stereocenters. The first-order valence-electron chi connectivity index (χ1n) is 9.32. The van der Waals surface area contributed by atoms with Crippen LogP contribution in [0.2, 0.25) is 5.02 Å². The molecule has 0 aliphatic carbocycles. The number of carbonyl (C=O) groups is 1. The van der Waals surface area contributed by atoms with Crippen LogP contribution in [0.25, 0.3) is 11.1 Å². The highest BCUT2D eigenvalue weighted by molar-refractivity contribution is 6.31. The lowest BCUT2D eigenvalue weighted by Crippen LogP contribution is -2.49. The molecular formula is C21H18ClF3N4O. The Morgan fingerprint density at radius 3 is 2.77 bits per heavy atom. The predicted molar refractivity (Wildman–Crippen MR) is 106 cm³/mol. The van der Waals surface area contributed by atoms with Gasteiger partial charge in [0.15, 0.2) is 0 Å². The maximum Gasteiger partial charge on any atom is 0.318 e. The summed E-state index contributed by atoms with van der Waals surface area (Å²) >= 11 is 5.94. The van der Waals surface area contributed by atoms with Crippen molar-refractivity contribution in [2.75, 3.05) is 0 Å². The van der Waals surface area contributed by atoms with E-state index in [0.717, 1.165) is 6.07 Å². The van der Waals surface area contributed by atoms with Crippen LogP contribution in [0.3, 0.4) is 0 Å². The van der Waals surface area contributed by atoms with E-state index >= 15 is 0 Å². The van der Waals surface area contributed by atoms with E-state index in [0.29, 0.717) is 23.4 Å². The summed E-state index contributed by atoms with van der Waals surface area (Å²) < 4.78 is 42.9. The second kappa shape index (κ2) is 8.02. The number of hydrogen-bond acceptors (Lipinski definition) is 2. The minimum absolute atomic E-state index is 0.0309. The Balaban J connectivity index is 1.54. The predicted octanol–water partition coefficient (Wildman–Crippen LogP) is 4.73. The molecule has 0 saturated heterocycles. The molecule has 1 aromatic heterocycles. The fourth-order valence-electron chi connectivity index (χ4n) is 3.56. The molecule has 1 N–H and O–H groups in total. The van der Waals surface area contributed by atoms with Crippen LogP contribution in [0.5, 0.6) is 0 Å². The van der Waals surface area contributed by atoms with Crippen molar-refractivity contribution in [3.63, 3.8) is 0 Å². The Labute approximate surface area is 176 Å². The van der Waals surface area contributed by atoms with Crippen LogP contribution in [-0.4, -0.2) is 26.8 Å². The lowest BCUT2D eigenvalue weighted by atomic mass is 10.0. The quantitative estimate of drug-likeness (QED) is 0.647. The summed E-state index contributed by atoms with van der Waals surface area (Å²) in [5.74, 6) is -1.91. The van der Waals surface area contributed by atoms with Gasteiger partial charge in [-0.25, -0.2) is 18.0 Å². The van der Waals surface area contributed by atoms with Gasteiger partial charge in [0.05, 0.1) is 36.0 Å². The van der Waals surface area contributed by atoms with Crippen molar-refractivity contribution in [1.82, 2.24) is 20.0 Å². The molecule has 2 heterocycles. The molecule has 1 unspecified atom stereocenters. The van der Waals surface area contributed by atoms with Crippen molar-refractivity contribution in [1.29, 1.82) is 0 Å². The van der Waals surface area contributed by atoms with E-state index in [-0.39, 0.29) is 35.7 Å². The molecule has 2 aromatic carbocycles. The number of carbonyl (C=O) groups excluding carboxylic acids is 1. The highest BCUT2D eigenvalue weighted by Crippen LogP contribution is 2.30. The summed E-state index contributed by atoms with van der Waals surface area (Å²) in [5.41, 5.74) is 1.84. The van der Waals surface area contributed by atoms with Gasteiger partial charge in [0.1, 0.15) is 17.5 Å². The van der Waals surface area contributed by atoms with E-state index in [2.05, 4.69) is 10.4 Å². The number of hydrogen-bond donors (Lipinski definition) is 1. The average Bonchev–Trinajstić information content (AvgIpc) is 3.10. The van der Waals surface area contributed by atoms with Gasteiger partial charge in [0, 0.05) is 23.7 Å². The summed E-state index contributed by atoms with van der Waals surface area (Å²) in [6, 6.07) is 7.23. The van der Waals surface area contributed by atoms with Crippen LogP contribution in [-0.2, 0) is 19.6 Å². The molecule has 5 nitrogen and oxygen atoms in total. The van der Waals surface area contributed by atoms with Gasteiger partial charge in [0.2, 0.25) is 0 Å². The highest BCUT2D eigenvalue weighted by Gasteiger charge is 2.30. The zero-order chi connectivity index (χ0) is 21.4. The summed E-state index contributed by atoms with van der Waals surface area (Å²) in [5, 5.41) is 7.01. The molecule has 4 rings (SSSR count). The monoisotopic (exact) mass is 434 g/mol. The van der Waals surface area contributed by atoms with E-state index in [1.54, 1.807) is 15.6 Å². The Morgan fingerprint density at radius 2 is 2.00 bits per heavy atom. The summed E-state index contributed by atoms with van der Waals surface area (Å²) in [7, 11) is 0. The second-order valence-corrected chi connectivity index (χ2v) is 7.54. The lowest BCUT2D eigenvalue weighted by molar-refractivity contribution is 0.149. The van der Waals surface area contributed by atoms with E-state index in [9.17, 15) is 18.0 Å². The maximum atomic E-state index is 14.3. The van der Waals surface area contributed by atoms with Gasteiger partial charge >= 0.3 is 6.03 Å². The van der Waals surface area contributed by atoms with E-state index in [4.69, 9.17) is 11.6 Å². The first kappa shape index (κ1) is 20.3. The van der Waals surface area contributed by atoms with Crippen LogP contribution < -0.4 is 5.32 Å². The third-order valence-electron chi connectivity index (χ3n) is 5.18. The molecule has 3 aromatic rings. The fourth-order valence-corrected chi connectivity index (χ4v) is 3.76. The van der Waals surface area contributed by atoms with Gasteiger partial charge < -0.3 is 10.2 Å². The number of nitrogens with one attached hydrogen (secondary N) is 1. The maximum absolute atomic E-state index is 14.3. The van der Waals surface area contributed by atoms with Crippen LogP contribution >= 0.6 is 11.6 Å². The summed E-state index contributed by atoms with van der Waals surface area (Å²) in [4.78, 5) is 14.4. The Bertz CT molecular complexity index is 1120. The second-order valence-electron chi connectivity index (χ2n) is 7.16. The van der Waals surface area contributed by atoms with Crippen molar-refractivity contribution in [2.24, 2.45) is 0 Å². The van der Waals surface area contributed by atoms with Crippen molar-refractivity contribution in [2.45, 2.75) is 32.6 Å². The standard InChI is InChI=1S/C21H18ClF3N4O/c1-12-10-29-19(16(9-27-29)15-6-5-14(23)7-18(15)25)11-28(12)21(30)26-8-13-3-2-4-17(24)20(13)22/h2-7,9,12H,8,10-11H2,1H3,(H,26,30). The van der Waals surface area contributed by atoms with Crippen LogP contribution in [0.15, 0.2) is 42.6 Å². The van der Waals surface area contributed by atoms with Crippen molar-refractivity contribution in [3.8, 4) is 11.1 Å². The van der Waals surface area contributed by atoms with Gasteiger partial charge in [-0.15, -0.1) is 0 Å². The van der Waals surface area contributed by atoms with E-state index < -0.39 is 17.5 Å². The lowest BCUT2D eigenvalue weighted by Gasteiger charge is -2.34. The van der Waals surface area contributed by atoms with Crippen LogP contribution in [0.1, 0.15) is 18.2 Å². The third kappa shape index (κ3) is 3.75. The molecule has 1 aliphatic heterocycles. The molecule has 2 amide bonds. The zero-order valence-electron chi connectivity index (χ0n) is 16.0. The first-order valence-corrected chi connectivity index (χ1v) is 9.70. The zero-order valence-corrected chi connectivity index (χ0v) is 16.8. The highest BCUT2D eigenvalue weighted by atomic mass is 35.5. The van der Waals surface area contributed by atoms with E-state index in [1.165, 1.54) is 30.5 Å². The largest absolute Gasteiger partial charge is 0.334 e. The fraction of sp³-hybridized carbons (Fsp3) is 0.238. The Morgan fingerprint density at radius 1 is 1.20 bits per heavy atom. The molecule has 30 heavy (non-hydrogen) atoms. The third-order valence-corrected chi connectivity index (χ3v) is 5.61. The molecule has 1 aliphatic rings. The molecule has 0 fully saturated rings. The van der Waals surface area contributed by atoms with Crippen LogP contribution in [0.4, 0.5) is 18.0 Å². The van der Waals surface area contributed by atoms with Gasteiger partial charge in [-0.2, -0.15) is 5.10 Å². The topological polar surface area (TPSA) is 50.2 Å². The molecule has 0 radical (unpaired) electrons. The number of nitrogens with zero attached hydrogens (tertiary/aromatic N) is 3. The molecule has 0 bridgehead atoms. The van der Waals surface area contributed by atoms with Crippen molar-refractivity contribution in [3.05, 3.63) is 76.3 Å². The molecule has 156 valence electrons. The SMILES string of the molecule is CC1Cn2ncc(-c3ccc(F)cc3F)c2CN1C(=O)NCc1cccc(F)c1Cl. The van der Waals surface area contributed by atoms with Crippen LogP contribution in [0, 0.1) is 17.5 Å². The normalized spacial score (nSPS) is 15.8. The Hall–Kier alpha value is -3.00. The van der Waals surface area contributed by atoms with Gasteiger partial charge in [-0.1, -0.05) is 23.7 Å². The number of rotatable bonds is 3.